The van der Waals surface area contributed by atoms with Gasteiger partial charge in [0, 0.05) is 18.6 Å². The predicted octanol–water partition coefficient (Wildman–Crippen LogP) is 4.15. The minimum Gasteiger partial charge on any atom is -0.497 e. The second-order valence-corrected chi connectivity index (χ2v) is 9.21. The number of halogens is 1. The van der Waals surface area contributed by atoms with Crippen LogP contribution in [0.1, 0.15) is 15.9 Å². The Morgan fingerprint density at radius 3 is 2.35 bits per heavy atom. The van der Waals surface area contributed by atoms with Gasteiger partial charge in [0.05, 0.1) is 23.3 Å². The van der Waals surface area contributed by atoms with Crippen molar-refractivity contribution >= 4 is 33.2 Å². The Morgan fingerprint density at radius 1 is 1.03 bits per heavy atom. The van der Waals surface area contributed by atoms with Gasteiger partial charge in [-0.2, -0.15) is 0 Å². The lowest BCUT2D eigenvalue weighted by Gasteiger charge is -2.22. The Kier molecular flexibility index (Phi) is 7.20. The van der Waals surface area contributed by atoms with Crippen LogP contribution in [0.15, 0.2) is 77.7 Å². The van der Waals surface area contributed by atoms with Gasteiger partial charge in [-0.25, -0.2) is 8.42 Å². The van der Waals surface area contributed by atoms with E-state index in [0.717, 1.165) is 9.87 Å². The van der Waals surface area contributed by atoms with E-state index in [9.17, 15) is 13.2 Å². The smallest absolute Gasteiger partial charge is 0.264 e. The average molecular weight is 459 g/mol. The van der Waals surface area contributed by atoms with Gasteiger partial charge >= 0.3 is 0 Å². The first-order chi connectivity index (χ1) is 14.8. The minimum absolute atomic E-state index is 0.0844. The molecule has 0 unspecified atom stereocenters. The van der Waals surface area contributed by atoms with E-state index in [2.05, 4.69) is 5.32 Å². The normalized spacial score (nSPS) is 11.1. The topological polar surface area (TPSA) is 75.7 Å². The summed E-state index contributed by atoms with van der Waals surface area (Å²) >= 11 is 6.10. The average Bonchev–Trinajstić information content (AvgIpc) is 2.79. The molecule has 0 heterocycles. The molecule has 31 heavy (non-hydrogen) atoms. The molecule has 0 saturated heterocycles. The van der Waals surface area contributed by atoms with E-state index in [0.29, 0.717) is 23.7 Å². The zero-order valence-corrected chi connectivity index (χ0v) is 18.8. The molecule has 3 aromatic carbocycles. The number of nitrogens with zero attached hydrogens (tertiary/aromatic N) is 1. The molecule has 3 aromatic rings. The highest BCUT2D eigenvalue weighted by molar-refractivity contribution is 7.92. The molecule has 0 spiro atoms. The Morgan fingerprint density at radius 2 is 1.71 bits per heavy atom. The summed E-state index contributed by atoms with van der Waals surface area (Å²) in [5.41, 5.74) is 1.51. The van der Waals surface area contributed by atoms with Crippen LogP contribution in [0.5, 0.6) is 5.75 Å². The van der Waals surface area contributed by atoms with Gasteiger partial charge in [-0.1, -0.05) is 41.9 Å². The Bertz CT molecular complexity index is 1150. The first-order valence-electron chi connectivity index (χ1n) is 9.57. The molecular weight excluding hydrogens is 436 g/mol. The van der Waals surface area contributed by atoms with Crippen LogP contribution in [-0.4, -0.2) is 35.0 Å². The third-order valence-electron chi connectivity index (χ3n) is 4.80. The molecule has 162 valence electrons. The number of rotatable bonds is 8. The molecule has 0 aromatic heterocycles. The highest BCUT2D eigenvalue weighted by Gasteiger charge is 2.25. The second-order valence-electron chi connectivity index (χ2n) is 6.80. The molecule has 3 rings (SSSR count). The highest BCUT2D eigenvalue weighted by Crippen LogP contribution is 2.29. The lowest BCUT2D eigenvalue weighted by Crippen LogP contribution is -2.31. The fraction of sp³-hybridized carbons (Fsp3) is 0.174. The minimum atomic E-state index is -3.89. The van der Waals surface area contributed by atoms with Crippen molar-refractivity contribution in [1.82, 2.24) is 5.32 Å². The van der Waals surface area contributed by atoms with Crippen molar-refractivity contribution in [1.29, 1.82) is 0 Å². The fourth-order valence-corrected chi connectivity index (χ4v) is 4.45. The van der Waals surface area contributed by atoms with Crippen LogP contribution in [-0.2, 0) is 16.4 Å². The summed E-state index contributed by atoms with van der Waals surface area (Å²) in [4.78, 5) is 12.9. The summed E-state index contributed by atoms with van der Waals surface area (Å²) in [6.07, 6.45) is 0.655. The van der Waals surface area contributed by atoms with E-state index in [1.807, 2.05) is 30.3 Å². The molecule has 0 radical (unpaired) electrons. The number of benzene rings is 3. The molecule has 0 fully saturated rings. The number of carbonyl (C=O) groups is 1. The maximum absolute atomic E-state index is 13.1. The maximum atomic E-state index is 13.1. The summed E-state index contributed by atoms with van der Waals surface area (Å²) in [5.74, 6) is 0.150. The SMILES string of the molecule is COc1ccc(S(=O)(=O)N(C)c2ccc(Cl)cc2C(=O)NCCc2ccccc2)cc1. The number of carbonyl (C=O) groups excluding carboxylic acids is 1. The second kappa shape index (κ2) is 9.85. The van der Waals surface area contributed by atoms with Crippen LogP contribution < -0.4 is 14.4 Å². The van der Waals surface area contributed by atoms with Crippen LogP contribution in [0.4, 0.5) is 5.69 Å². The Hall–Kier alpha value is -3.03. The number of hydrogen-bond acceptors (Lipinski definition) is 4. The van der Waals surface area contributed by atoms with Crippen LogP contribution >= 0.6 is 11.6 Å². The number of ether oxygens (including phenoxy) is 1. The predicted molar refractivity (Wildman–Crippen MR) is 123 cm³/mol. The van der Waals surface area contributed by atoms with Crippen LogP contribution in [0.2, 0.25) is 5.02 Å². The molecule has 0 atom stereocenters. The number of nitrogens with one attached hydrogen (secondary N) is 1. The quantitative estimate of drug-likeness (QED) is 0.550. The van der Waals surface area contributed by atoms with Crippen molar-refractivity contribution in [3.63, 3.8) is 0 Å². The lowest BCUT2D eigenvalue weighted by atomic mass is 10.1. The van der Waals surface area contributed by atoms with E-state index in [4.69, 9.17) is 16.3 Å². The fourth-order valence-electron chi connectivity index (χ4n) is 3.06. The third-order valence-corrected chi connectivity index (χ3v) is 6.82. The molecular formula is C23H23ClN2O4S. The molecule has 1 amide bonds. The Balaban J connectivity index is 1.83. The van der Waals surface area contributed by atoms with Crippen molar-refractivity contribution < 1.29 is 17.9 Å². The summed E-state index contributed by atoms with van der Waals surface area (Å²) in [7, 11) is -0.982. The molecule has 0 aliphatic heterocycles. The number of amides is 1. The number of anilines is 1. The molecule has 0 saturated carbocycles. The molecule has 8 heteroatoms. The van der Waals surface area contributed by atoms with Gasteiger partial charge in [0.2, 0.25) is 0 Å². The summed E-state index contributed by atoms with van der Waals surface area (Å²) in [5, 5.41) is 3.18. The molecule has 0 bridgehead atoms. The van der Waals surface area contributed by atoms with Gasteiger partial charge < -0.3 is 10.1 Å². The van der Waals surface area contributed by atoms with Crippen molar-refractivity contribution in [3.05, 3.63) is 88.9 Å². The standard InChI is InChI=1S/C23H23ClN2O4S/c1-26(31(28,29)20-11-9-19(30-2)10-12-20)22-13-8-18(24)16-21(22)23(27)25-15-14-17-6-4-3-5-7-17/h3-13,16H,14-15H2,1-2H3,(H,25,27). The van der Waals surface area contributed by atoms with Gasteiger partial charge in [0.1, 0.15) is 5.75 Å². The van der Waals surface area contributed by atoms with Gasteiger partial charge in [0.25, 0.3) is 15.9 Å². The van der Waals surface area contributed by atoms with Gasteiger partial charge in [-0.05, 0) is 54.4 Å². The molecule has 0 aliphatic carbocycles. The zero-order chi connectivity index (χ0) is 22.4. The van der Waals surface area contributed by atoms with Gasteiger partial charge in [-0.3, -0.25) is 9.10 Å². The van der Waals surface area contributed by atoms with Crippen molar-refractivity contribution in [2.24, 2.45) is 0 Å². The molecule has 6 nitrogen and oxygen atoms in total. The molecule has 0 aliphatic rings. The summed E-state index contributed by atoms with van der Waals surface area (Å²) < 4.78 is 32.4. The largest absolute Gasteiger partial charge is 0.497 e. The monoisotopic (exact) mass is 458 g/mol. The Labute approximate surface area is 187 Å². The number of sulfonamides is 1. The summed E-state index contributed by atoms with van der Waals surface area (Å²) in [6.45, 7) is 0.406. The van der Waals surface area contributed by atoms with Crippen LogP contribution in [0.25, 0.3) is 0 Å². The van der Waals surface area contributed by atoms with Crippen molar-refractivity contribution in [3.8, 4) is 5.75 Å². The van der Waals surface area contributed by atoms with E-state index in [1.54, 1.807) is 18.2 Å². The lowest BCUT2D eigenvalue weighted by molar-refractivity contribution is 0.0955. The maximum Gasteiger partial charge on any atom is 0.264 e. The van der Waals surface area contributed by atoms with E-state index in [1.165, 1.54) is 38.4 Å². The van der Waals surface area contributed by atoms with Gasteiger partial charge in [0.15, 0.2) is 0 Å². The highest BCUT2D eigenvalue weighted by atomic mass is 35.5. The van der Waals surface area contributed by atoms with Gasteiger partial charge in [-0.15, -0.1) is 0 Å². The van der Waals surface area contributed by atoms with E-state index < -0.39 is 15.9 Å². The first-order valence-corrected chi connectivity index (χ1v) is 11.4. The number of methoxy groups -OCH3 is 1. The van der Waals surface area contributed by atoms with E-state index in [-0.39, 0.29) is 16.1 Å². The first kappa shape index (κ1) is 22.7. The van der Waals surface area contributed by atoms with Crippen molar-refractivity contribution in [2.75, 3.05) is 25.0 Å². The summed E-state index contributed by atoms with van der Waals surface area (Å²) in [6, 6.07) is 20.4. The van der Waals surface area contributed by atoms with Crippen LogP contribution in [0.3, 0.4) is 0 Å². The van der Waals surface area contributed by atoms with Crippen LogP contribution in [0, 0.1) is 0 Å². The molecule has 1 N–H and O–H groups in total. The van der Waals surface area contributed by atoms with Crippen molar-refractivity contribution in [2.45, 2.75) is 11.3 Å². The zero-order valence-electron chi connectivity index (χ0n) is 17.2. The van der Waals surface area contributed by atoms with E-state index >= 15 is 0 Å². The third kappa shape index (κ3) is 5.37. The number of hydrogen-bond donors (Lipinski definition) is 1.